The summed E-state index contributed by atoms with van der Waals surface area (Å²) in [6.45, 7) is 10.7. The van der Waals surface area contributed by atoms with Crippen molar-refractivity contribution in [1.82, 2.24) is 9.80 Å². The molecule has 110 valence electrons. The fourth-order valence-corrected chi connectivity index (χ4v) is 3.36. The molecule has 19 heavy (non-hydrogen) atoms. The molecular formula is C15H28N2O2. The van der Waals surface area contributed by atoms with Gasteiger partial charge in [-0.15, -0.1) is 0 Å². The summed E-state index contributed by atoms with van der Waals surface area (Å²) < 4.78 is 5.62. The van der Waals surface area contributed by atoms with Gasteiger partial charge in [-0.2, -0.15) is 0 Å². The topological polar surface area (TPSA) is 32.8 Å². The molecular weight excluding hydrogens is 240 g/mol. The van der Waals surface area contributed by atoms with Crippen LogP contribution in [0.3, 0.4) is 0 Å². The molecule has 4 atom stereocenters. The highest BCUT2D eigenvalue weighted by molar-refractivity contribution is 5.79. The van der Waals surface area contributed by atoms with Crippen molar-refractivity contribution in [2.24, 2.45) is 0 Å². The lowest BCUT2D eigenvalue weighted by Crippen LogP contribution is -2.55. The molecule has 0 unspecified atom stereocenters. The number of hydrogen-bond acceptors (Lipinski definition) is 3. The Morgan fingerprint density at radius 3 is 2.37 bits per heavy atom. The molecule has 2 aliphatic heterocycles. The van der Waals surface area contributed by atoms with E-state index in [1.54, 1.807) is 0 Å². The van der Waals surface area contributed by atoms with Crippen molar-refractivity contribution in [2.75, 3.05) is 19.7 Å². The Bertz CT molecular complexity index is 311. The van der Waals surface area contributed by atoms with Gasteiger partial charge in [0, 0.05) is 24.7 Å². The second-order valence-electron chi connectivity index (χ2n) is 6.35. The summed E-state index contributed by atoms with van der Waals surface area (Å²) in [5.74, 6) is 0.292. The van der Waals surface area contributed by atoms with E-state index in [4.69, 9.17) is 4.74 Å². The highest BCUT2D eigenvalue weighted by atomic mass is 16.5. The maximum atomic E-state index is 12.6. The van der Waals surface area contributed by atoms with Crippen LogP contribution >= 0.6 is 0 Å². The van der Waals surface area contributed by atoms with Crippen LogP contribution in [0.2, 0.25) is 0 Å². The largest absolute Gasteiger partial charge is 0.376 e. The van der Waals surface area contributed by atoms with Crippen molar-refractivity contribution in [3.8, 4) is 0 Å². The predicted molar refractivity (Wildman–Crippen MR) is 76.1 cm³/mol. The van der Waals surface area contributed by atoms with Crippen molar-refractivity contribution in [2.45, 2.75) is 71.2 Å². The van der Waals surface area contributed by atoms with E-state index in [0.29, 0.717) is 30.6 Å². The van der Waals surface area contributed by atoms with Crippen LogP contribution < -0.4 is 0 Å². The zero-order valence-electron chi connectivity index (χ0n) is 12.8. The van der Waals surface area contributed by atoms with Crippen LogP contribution in [-0.2, 0) is 9.53 Å². The lowest BCUT2D eigenvalue weighted by atomic mass is 9.97. The predicted octanol–water partition coefficient (Wildman–Crippen LogP) is 1.89. The van der Waals surface area contributed by atoms with Crippen molar-refractivity contribution < 1.29 is 9.53 Å². The first-order valence-corrected chi connectivity index (χ1v) is 7.66. The molecule has 0 N–H and O–H groups in total. The van der Waals surface area contributed by atoms with Crippen molar-refractivity contribution >= 4 is 5.91 Å². The zero-order valence-corrected chi connectivity index (χ0v) is 12.8. The fraction of sp³-hybridized carbons (Fsp3) is 0.933. The van der Waals surface area contributed by atoms with E-state index in [0.717, 1.165) is 26.0 Å². The quantitative estimate of drug-likeness (QED) is 0.766. The minimum atomic E-state index is 0.236. The van der Waals surface area contributed by atoms with Gasteiger partial charge in [0.25, 0.3) is 0 Å². The van der Waals surface area contributed by atoms with Crippen molar-refractivity contribution in [3.63, 3.8) is 0 Å². The number of nitrogens with zero attached hydrogens (tertiary/aromatic N) is 2. The summed E-state index contributed by atoms with van der Waals surface area (Å²) >= 11 is 0. The van der Waals surface area contributed by atoms with E-state index in [2.05, 4.69) is 37.5 Å². The van der Waals surface area contributed by atoms with Gasteiger partial charge in [-0.3, -0.25) is 9.69 Å². The first kappa shape index (κ1) is 14.8. The SMILES string of the molecule is C[C@@H]1CN(CC(=O)N2[C@H](C)CCC[C@H]2C)[C@H](C)CO1. The molecule has 1 amide bonds. The summed E-state index contributed by atoms with van der Waals surface area (Å²) in [6.07, 6.45) is 3.77. The normalized spacial score (nSPS) is 37.4. The Morgan fingerprint density at radius 1 is 1.11 bits per heavy atom. The van der Waals surface area contributed by atoms with E-state index in [9.17, 15) is 4.79 Å². The fourth-order valence-electron chi connectivity index (χ4n) is 3.36. The third kappa shape index (κ3) is 3.48. The van der Waals surface area contributed by atoms with Crippen LogP contribution in [0.25, 0.3) is 0 Å². The number of amides is 1. The average Bonchev–Trinajstić information content (AvgIpc) is 2.33. The van der Waals surface area contributed by atoms with Crippen LogP contribution in [0.15, 0.2) is 0 Å². The van der Waals surface area contributed by atoms with Crippen LogP contribution in [0.4, 0.5) is 0 Å². The maximum absolute atomic E-state index is 12.6. The number of likely N-dealkylation sites (tertiary alicyclic amines) is 1. The zero-order chi connectivity index (χ0) is 14.0. The Morgan fingerprint density at radius 2 is 1.74 bits per heavy atom. The molecule has 0 saturated carbocycles. The number of rotatable bonds is 2. The van der Waals surface area contributed by atoms with Crippen LogP contribution in [0.1, 0.15) is 47.0 Å². The third-order valence-electron chi connectivity index (χ3n) is 4.56. The van der Waals surface area contributed by atoms with Gasteiger partial charge >= 0.3 is 0 Å². The molecule has 0 spiro atoms. The van der Waals surface area contributed by atoms with Gasteiger partial charge in [-0.25, -0.2) is 0 Å². The number of carbonyl (C=O) groups excluding carboxylic acids is 1. The molecule has 4 nitrogen and oxygen atoms in total. The van der Waals surface area contributed by atoms with Gasteiger partial charge < -0.3 is 9.64 Å². The molecule has 2 fully saturated rings. The van der Waals surface area contributed by atoms with E-state index >= 15 is 0 Å². The lowest BCUT2D eigenvalue weighted by molar-refractivity contribution is -0.141. The second kappa shape index (κ2) is 6.23. The number of piperidine rings is 1. The molecule has 0 aromatic rings. The molecule has 2 rings (SSSR count). The van der Waals surface area contributed by atoms with Gasteiger partial charge in [0.15, 0.2) is 0 Å². The summed E-state index contributed by atoms with van der Waals surface area (Å²) in [5, 5.41) is 0. The van der Waals surface area contributed by atoms with Crippen LogP contribution in [0.5, 0.6) is 0 Å². The molecule has 0 aromatic carbocycles. The number of ether oxygens (including phenoxy) is 1. The minimum Gasteiger partial charge on any atom is -0.376 e. The van der Waals surface area contributed by atoms with Gasteiger partial charge in [-0.05, 0) is 47.0 Å². The van der Waals surface area contributed by atoms with E-state index in [1.165, 1.54) is 6.42 Å². The van der Waals surface area contributed by atoms with Gasteiger partial charge in [0.2, 0.25) is 5.91 Å². The van der Waals surface area contributed by atoms with Gasteiger partial charge in [0.1, 0.15) is 0 Å². The molecule has 4 heteroatoms. The number of carbonyl (C=O) groups is 1. The van der Waals surface area contributed by atoms with E-state index in [1.807, 2.05) is 0 Å². The van der Waals surface area contributed by atoms with Crippen molar-refractivity contribution in [3.05, 3.63) is 0 Å². The smallest absolute Gasteiger partial charge is 0.237 e. The summed E-state index contributed by atoms with van der Waals surface area (Å²) in [6, 6.07) is 1.13. The first-order valence-electron chi connectivity index (χ1n) is 7.66. The number of morpholine rings is 1. The van der Waals surface area contributed by atoms with Gasteiger partial charge in [0.05, 0.1) is 19.3 Å². The molecule has 2 heterocycles. The summed E-state index contributed by atoms with van der Waals surface area (Å²) in [4.78, 5) is 17.0. The minimum absolute atomic E-state index is 0.236. The maximum Gasteiger partial charge on any atom is 0.237 e. The molecule has 0 radical (unpaired) electrons. The summed E-state index contributed by atoms with van der Waals surface area (Å²) in [7, 11) is 0. The standard InChI is InChI=1S/C15H28N2O2/c1-11-6-5-7-12(2)17(11)15(18)9-16-8-14(4)19-10-13(16)3/h11-14H,5-10H2,1-4H3/t11-,12-,13-,14-/m1/s1. The van der Waals surface area contributed by atoms with Crippen molar-refractivity contribution in [1.29, 1.82) is 0 Å². The Labute approximate surface area is 117 Å². The second-order valence-corrected chi connectivity index (χ2v) is 6.35. The van der Waals surface area contributed by atoms with E-state index < -0.39 is 0 Å². The molecule has 0 aromatic heterocycles. The highest BCUT2D eigenvalue weighted by Crippen LogP contribution is 2.23. The summed E-state index contributed by atoms with van der Waals surface area (Å²) in [5.41, 5.74) is 0. The molecule has 0 bridgehead atoms. The van der Waals surface area contributed by atoms with Crippen LogP contribution in [-0.4, -0.2) is 59.6 Å². The van der Waals surface area contributed by atoms with Crippen LogP contribution in [0, 0.1) is 0 Å². The average molecular weight is 268 g/mol. The Balaban J connectivity index is 1.95. The Kier molecular flexibility index (Phi) is 4.85. The molecule has 0 aliphatic carbocycles. The lowest BCUT2D eigenvalue weighted by Gasteiger charge is -2.42. The van der Waals surface area contributed by atoms with Gasteiger partial charge in [-0.1, -0.05) is 0 Å². The third-order valence-corrected chi connectivity index (χ3v) is 4.56. The first-order chi connectivity index (χ1) is 8.99. The molecule has 2 saturated heterocycles. The highest BCUT2D eigenvalue weighted by Gasteiger charge is 2.32. The van der Waals surface area contributed by atoms with E-state index in [-0.39, 0.29) is 6.10 Å². The number of hydrogen-bond donors (Lipinski definition) is 0. The monoisotopic (exact) mass is 268 g/mol. The Hall–Kier alpha value is -0.610. The molecule has 2 aliphatic rings.